The monoisotopic (exact) mass is 315 g/mol. The third kappa shape index (κ3) is 4.74. The first kappa shape index (κ1) is 14.7. The lowest BCUT2D eigenvalue weighted by atomic mass is 10.2. The number of nitrogen functional groups attached to an aromatic ring is 1. The summed E-state index contributed by atoms with van der Waals surface area (Å²) >= 11 is 6.93. The Bertz CT molecular complexity index is 569. The number of carbonyl (C=O) groups is 1. The molecule has 0 saturated heterocycles. The summed E-state index contributed by atoms with van der Waals surface area (Å²) in [5, 5.41) is 18.3. The number of nitrogens with two attached hydrogens (primary N) is 1. The van der Waals surface area contributed by atoms with Gasteiger partial charge in [0, 0.05) is 25.8 Å². The Morgan fingerprint density at radius 3 is 2.90 bits per heavy atom. The van der Waals surface area contributed by atoms with Gasteiger partial charge in [-0.25, -0.2) is 4.98 Å². The quantitative estimate of drug-likeness (QED) is 0.642. The number of halogens is 1. The number of aryl methyl sites for hydroxylation is 2. The number of nitrogens with zero attached hydrogens (tertiary/aromatic N) is 4. The number of rotatable bonds is 7. The molecule has 2 heterocycles. The maximum Gasteiger partial charge on any atom is 0.242 e. The molecule has 0 saturated carbocycles. The standard InChI is InChI=1S/C10H14ClN7OS/c11-9-14-6(15-17-9)3-4-7(19)13-5-1-2-8-16-18-10(12)20-8/h1-5H2,(H2,12,18)(H,13,19)(H,14,15,17). The van der Waals surface area contributed by atoms with Crippen molar-refractivity contribution >= 4 is 34.0 Å². The molecular weight excluding hydrogens is 302 g/mol. The van der Waals surface area contributed by atoms with Crippen LogP contribution in [-0.4, -0.2) is 37.8 Å². The van der Waals surface area contributed by atoms with Gasteiger partial charge in [-0.1, -0.05) is 11.3 Å². The maximum absolute atomic E-state index is 11.6. The van der Waals surface area contributed by atoms with Crippen LogP contribution in [0.5, 0.6) is 0 Å². The van der Waals surface area contributed by atoms with Gasteiger partial charge >= 0.3 is 0 Å². The summed E-state index contributed by atoms with van der Waals surface area (Å²) in [4.78, 5) is 15.5. The number of carbonyl (C=O) groups excluding carboxylic acids is 1. The van der Waals surface area contributed by atoms with E-state index in [1.165, 1.54) is 11.3 Å². The maximum atomic E-state index is 11.6. The van der Waals surface area contributed by atoms with Gasteiger partial charge in [0.05, 0.1) is 0 Å². The summed E-state index contributed by atoms with van der Waals surface area (Å²) in [5.41, 5.74) is 5.48. The van der Waals surface area contributed by atoms with Crippen LogP contribution in [0.4, 0.5) is 5.13 Å². The summed E-state index contributed by atoms with van der Waals surface area (Å²) in [7, 11) is 0. The Morgan fingerprint density at radius 2 is 2.25 bits per heavy atom. The van der Waals surface area contributed by atoms with E-state index in [1.807, 2.05) is 0 Å². The molecule has 0 unspecified atom stereocenters. The number of hydrogen-bond donors (Lipinski definition) is 3. The summed E-state index contributed by atoms with van der Waals surface area (Å²) in [6, 6.07) is 0. The number of hydrogen-bond acceptors (Lipinski definition) is 7. The number of amides is 1. The predicted octanol–water partition coefficient (Wildman–Crippen LogP) is 0.573. The van der Waals surface area contributed by atoms with Gasteiger partial charge in [0.2, 0.25) is 16.3 Å². The second kappa shape index (κ2) is 7.15. The van der Waals surface area contributed by atoms with Crippen molar-refractivity contribution in [2.45, 2.75) is 25.7 Å². The van der Waals surface area contributed by atoms with Crippen LogP contribution in [-0.2, 0) is 17.6 Å². The van der Waals surface area contributed by atoms with Gasteiger partial charge < -0.3 is 11.1 Å². The summed E-state index contributed by atoms with van der Waals surface area (Å²) in [6.07, 6.45) is 2.39. The van der Waals surface area contributed by atoms with Crippen molar-refractivity contribution in [2.75, 3.05) is 12.3 Å². The molecule has 2 aromatic rings. The van der Waals surface area contributed by atoms with Crippen LogP contribution in [0.2, 0.25) is 5.28 Å². The second-order valence-corrected chi connectivity index (χ2v) is 5.47. The Balaban J connectivity index is 1.58. The zero-order valence-electron chi connectivity index (χ0n) is 10.6. The van der Waals surface area contributed by atoms with E-state index in [2.05, 4.69) is 30.7 Å². The molecule has 2 rings (SSSR count). The number of H-pyrrole nitrogens is 1. The van der Waals surface area contributed by atoms with Crippen LogP contribution >= 0.6 is 22.9 Å². The highest BCUT2D eigenvalue weighted by Crippen LogP contribution is 2.12. The Hall–Kier alpha value is -1.74. The van der Waals surface area contributed by atoms with Crippen molar-refractivity contribution in [3.05, 3.63) is 16.1 Å². The van der Waals surface area contributed by atoms with Gasteiger partial charge in [0.15, 0.2) is 0 Å². The van der Waals surface area contributed by atoms with Gasteiger partial charge in [-0.05, 0) is 18.0 Å². The largest absolute Gasteiger partial charge is 0.374 e. The van der Waals surface area contributed by atoms with E-state index in [0.717, 1.165) is 17.8 Å². The number of aromatic nitrogens is 5. The third-order valence-corrected chi connectivity index (χ3v) is 3.45. The Morgan fingerprint density at radius 1 is 1.40 bits per heavy atom. The molecule has 4 N–H and O–H groups in total. The first-order chi connectivity index (χ1) is 9.63. The van der Waals surface area contributed by atoms with Crippen LogP contribution in [0.25, 0.3) is 0 Å². The summed E-state index contributed by atoms with van der Waals surface area (Å²) in [5.74, 6) is 0.573. The van der Waals surface area contributed by atoms with Gasteiger partial charge in [-0.3, -0.25) is 9.89 Å². The zero-order chi connectivity index (χ0) is 14.4. The third-order valence-electron chi connectivity index (χ3n) is 2.47. The van der Waals surface area contributed by atoms with Crippen LogP contribution in [0.3, 0.4) is 0 Å². The molecule has 0 radical (unpaired) electrons. The van der Waals surface area contributed by atoms with Crippen molar-refractivity contribution in [3.63, 3.8) is 0 Å². The predicted molar refractivity (Wildman–Crippen MR) is 75.4 cm³/mol. The van der Waals surface area contributed by atoms with E-state index < -0.39 is 0 Å². The molecule has 1 amide bonds. The highest BCUT2D eigenvalue weighted by molar-refractivity contribution is 7.15. The topological polar surface area (TPSA) is 122 Å². The molecule has 0 bridgehead atoms. The highest BCUT2D eigenvalue weighted by atomic mass is 35.5. The van der Waals surface area contributed by atoms with E-state index in [4.69, 9.17) is 17.3 Å². The van der Waals surface area contributed by atoms with Crippen LogP contribution < -0.4 is 11.1 Å². The SMILES string of the molecule is Nc1nnc(CCCNC(=O)CCc2nc(Cl)n[nH]2)s1. The van der Waals surface area contributed by atoms with Gasteiger partial charge in [-0.2, -0.15) is 0 Å². The minimum Gasteiger partial charge on any atom is -0.374 e. The Kier molecular flexibility index (Phi) is 5.24. The minimum atomic E-state index is -0.0331. The molecule has 108 valence electrons. The summed E-state index contributed by atoms with van der Waals surface area (Å²) < 4.78 is 0. The Labute approximate surface area is 124 Å². The smallest absolute Gasteiger partial charge is 0.242 e. The first-order valence-electron chi connectivity index (χ1n) is 6.05. The first-order valence-corrected chi connectivity index (χ1v) is 7.24. The van der Waals surface area contributed by atoms with E-state index >= 15 is 0 Å². The van der Waals surface area contributed by atoms with Crippen LogP contribution in [0.15, 0.2) is 0 Å². The van der Waals surface area contributed by atoms with Crippen molar-refractivity contribution in [3.8, 4) is 0 Å². The van der Waals surface area contributed by atoms with Crippen molar-refractivity contribution in [1.82, 2.24) is 30.7 Å². The molecule has 10 heteroatoms. The fourth-order valence-corrected chi connectivity index (χ4v) is 2.33. The minimum absolute atomic E-state index is 0.0331. The fraction of sp³-hybridized carbons (Fsp3) is 0.500. The van der Waals surface area contributed by atoms with E-state index in [0.29, 0.717) is 30.3 Å². The second-order valence-electron chi connectivity index (χ2n) is 4.04. The van der Waals surface area contributed by atoms with Crippen molar-refractivity contribution in [2.24, 2.45) is 0 Å². The molecule has 2 aromatic heterocycles. The number of aromatic amines is 1. The lowest BCUT2D eigenvalue weighted by Gasteiger charge is -2.03. The fourth-order valence-electron chi connectivity index (χ4n) is 1.54. The van der Waals surface area contributed by atoms with Crippen LogP contribution in [0.1, 0.15) is 23.7 Å². The molecule has 20 heavy (non-hydrogen) atoms. The molecule has 0 spiro atoms. The molecule has 8 nitrogen and oxygen atoms in total. The number of anilines is 1. The van der Waals surface area contributed by atoms with Gasteiger partial charge in [0.25, 0.3) is 0 Å². The molecule has 0 fully saturated rings. The molecule has 0 atom stereocenters. The molecule has 0 aliphatic rings. The van der Waals surface area contributed by atoms with E-state index in [-0.39, 0.29) is 11.2 Å². The highest BCUT2D eigenvalue weighted by Gasteiger charge is 2.06. The van der Waals surface area contributed by atoms with E-state index in [9.17, 15) is 4.79 Å². The molecule has 0 aliphatic carbocycles. The molecule has 0 aliphatic heterocycles. The van der Waals surface area contributed by atoms with Crippen molar-refractivity contribution in [1.29, 1.82) is 0 Å². The van der Waals surface area contributed by atoms with Crippen LogP contribution in [0, 0.1) is 0 Å². The molecular formula is C10H14ClN7OS. The zero-order valence-corrected chi connectivity index (χ0v) is 12.2. The van der Waals surface area contributed by atoms with Gasteiger partial charge in [-0.15, -0.1) is 15.3 Å². The lowest BCUT2D eigenvalue weighted by molar-refractivity contribution is -0.121. The summed E-state index contributed by atoms with van der Waals surface area (Å²) in [6.45, 7) is 0.593. The normalized spacial score (nSPS) is 10.7. The van der Waals surface area contributed by atoms with E-state index in [1.54, 1.807) is 0 Å². The van der Waals surface area contributed by atoms with Gasteiger partial charge in [0.1, 0.15) is 10.8 Å². The average Bonchev–Trinajstić information content (AvgIpc) is 3.01. The van der Waals surface area contributed by atoms with Crippen molar-refractivity contribution < 1.29 is 4.79 Å². The number of nitrogens with one attached hydrogen (secondary N) is 2. The average molecular weight is 316 g/mol. The lowest BCUT2D eigenvalue weighted by Crippen LogP contribution is -2.25. The molecule has 0 aromatic carbocycles.